The molecule has 0 bridgehead atoms. The third-order valence-corrected chi connectivity index (χ3v) is 4.76. The first-order chi connectivity index (χ1) is 11.1. The van der Waals surface area contributed by atoms with Gasteiger partial charge in [0.15, 0.2) is 0 Å². The molecular formula is C15H19N5O3. The van der Waals surface area contributed by atoms with Crippen LogP contribution in [0.15, 0.2) is 10.9 Å². The highest BCUT2D eigenvalue weighted by molar-refractivity contribution is 5.87. The van der Waals surface area contributed by atoms with Crippen LogP contribution >= 0.6 is 0 Å². The highest BCUT2D eigenvalue weighted by Gasteiger charge is 2.44. The minimum Gasteiger partial charge on any atom is -0.441 e. The number of nitrogens with zero attached hydrogens (tertiary/aromatic N) is 5. The van der Waals surface area contributed by atoms with Gasteiger partial charge in [-0.1, -0.05) is 5.16 Å². The van der Waals surface area contributed by atoms with Crippen molar-refractivity contribution in [3.63, 3.8) is 0 Å². The van der Waals surface area contributed by atoms with E-state index in [0.717, 1.165) is 49.2 Å². The summed E-state index contributed by atoms with van der Waals surface area (Å²) in [7, 11) is 1.79. The summed E-state index contributed by atoms with van der Waals surface area (Å²) >= 11 is 0. The van der Waals surface area contributed by atoms with Crippen LogP contribution in [0.2, 0.25) is 0 Å². The summed E-state index contributed by atoms with van der Waals surface area (Å²) in [6.07, 6.45) is 3.89. The molecule has 1 spiro atoms. The van der Waals surface area contributed by atoms with E-state index in [2.05, 4.69) is 20.0 Å². The fourth-order valence-corrected chi connectivity index (χ4v) is 3.58. The summed E-state index contributed by atoms with van der Waals surface area (Å²) in [6, 6.07) is 0. The lowest BCUT2D eigenvalue weighted by atomic mass is 9.95. The molecule has 2 saturated heterocycles. The van der Waals surface area contributed by atoms with Gasteiger partial charge in [-0.05, 0) is 19.8 Å². The maximum Gasteiger partial charge on any atom is 0.410 e. The molecule has 2 aliphatic rings. The number of ether oxygens (including phenoxy) is 1. The molecule has 0 N–H and O–H groups in total. The van der Waals surface area contributed by atoms with E-state index >= 15 is 0 Å². The lowest BCUT2D eigenvalue weighted by Crippen LogP contribution is -2.35. The predicted molar refractivity (Wildman–Crippen MR) is 82.2 cm³/mol. The number of carbonyl (C=O) groups is 1. The van der Waals surface area contributed by atoms with Gasteiger partial charge < -0.3 is 19.1 Å². The quantitative estimate of drug-likeness (QED) is 0.792. The number of carbonyl (C=O) groups excluding carboxylic acids is 1. The molecule has 2 aromatic heterocycles. The number of anilines is 1. The van der Waals surface area contributed by atoms with Gasteiger partial charge in [0.25, 0.3) is 5.71 Å². The zero-order valence-electron chi connectivity index (χ0n) is 13.3. The first-order valence-corrected chi connectivity index (χ1v) is 7.84. The van der Waals surface area contributed by atoms with E-state index in [-0.39, 0.29) is 11.7 Å². The van der Waals surface area contributed by atoms with Gasteiger partial charge >= 0.3 is 6.09 Å². The Labute approximate surface area is 133 Å². The Morgan fingerprint density at radius 3 is 2.91 bits per heavy atom. The normalized spacial score (nSPS) is 25.2. The molecule has 1 amide bonds. The number of amides is 1. The lowest BCUT2D eigenvalue weighted by molar-refractivity contribution is 0.0473. The van der Waals surface area contributed by atoms with Gasteiger partial charge in [-0.15, -0.1) is 0 Å². The van der Waals surface area contributed by atoms with Crippen LogP contribution in [-0.2, 0) is 4.74 Å². The standard InChI is InChI=1S/C15H19N5O3/c1-10-11-12(16-9-17-13(11)23-18-10)20-6-3-4-15(5-7-20)8-19(2)14(21)22-15/h9H,3-8H2,1-2H3. The van der Waals surface area contributed by atoms with Crippen molar-refractivity contribution in [3.8, 4) is 0 Å². The van der Waals surface area contributed by atoms with Gasteiger partial charge in [-0.2, -0.15) is 4.98 Å². The number of aromatic nitrogens is 3. The lowest BCUT2D eigenvalue weighted by Gasteiger charge is -2.25. The Balaban J connectivity index is 1.62. The molecule has 0 aromatic carbocycles. The van der Waals surface area contributed by atoms with Crippen LogP contribution in [0.3, 0.4) is 0 Å². The van der Waals surface area contributed by atoms with Crippen molar-refractivity contribution in [2.24, 2.45) is 0 Å². The van der Waals surface area contributed by atoms with Crippen LogP contribution in [-0.4, -0.2) is 58.4 Å². The smallest absolute Gasteiger partial charge is 0.410 e. The average molecular weight is 317 g/mol. The number of likely N-dealkylation sites (N-methyl/N-ethyl adjacent to an activating group) is 1. The Morgan fingerprint density at radius 2 is 2.13 bits per heavy atom. The summed E-state index contributed by atoms with van der Waals surface area (Å²) in [5, 5.41) is 4.85. The molecule has 2 aromatic rings. The molecule has 0 radical (unpaired) electrons. The van der Waals surface area contributed by atoms with Crippen molar-refractivity contribution >= 4 is 23.0 Å². The molecule has 0 saturated carbocycles. The largest absolute Gasteiger partial charge is 0.441 e. The number of rotatable bonds is 1. The number of hydrogen-bond acceptors (Lipinski definition) is 7. The van der Waals surface area contributed by atoms with Crippen molar-refractivity contribution in [2.45, 2.75) is 31.8 Å². The van der Waals surface area contributed by atoms with Gasteiger partial charge in [0.2, 0.25) is 0 Å². The third-order valence-electron chi connectivity index (χ3n) is 4.76. The van der Waals surface area contributed by atoms with E-state index in [1.807, 2.05) is 6.92 Å². The van der Waals surface area contributed by atoms with E-state index in [9.17, 15) is 4.79 Å². The maximum absolute atomic E-state index is 11.7. The highest BCUT2D eigenvalue weighted by Crippen LogP contribution is 2.35. The van der Waals surface area contributed by atoms with Gasteiger partial charge in [-0.3, -0.25) is 0 Å². The maximum atomic E-state index is 11.7. The van der Waals surface area contributed by atoms with Crippen molar-refractivity contribution in [1.82, 2.24) is 20.0 Å². The van der Waals surface area contributed by atoms with E-state index in [4.69, 9.17) is 9.26 Å². The Kier molecular flexibility index (Phi) is 3.14. The Bertz CT molecular complexity index is 761. The van der Waals surface area contributed by atoms with Crippen LogP contribution in [0.1, 0.15) is 25.0 Å². The first-order valence-electron chi connectivity index (χ1n) is 7.84. The van der Waals surface area contributed by atoms with Crippen LogP contribution in [0.4, 0.5) is 10.6 Å². The van der Waals surface area contributed by atoms with Crippen LogP contribution < -0.4 is 4.90 Å². The molecule has 1 atom stereocenters. The number of aryl methyl sites for hydroxylation is 1. The fraction of sp³-hybridized carbons (Fsp3) is 0.600. The van der Waals surface area contributed by atoms with Crippen LogP contribution in [0, 0.1) is 6.92 Å². The first kappa shape index (κ1) is 14.2. The molecule has 8 nitrogen and oxygen atoms in total. The third kappa shape index (κ3) is 2.29. The molecular weight excluding hydrogens is 298 g/mol. The van der Waals surface area contributed by atoms with Gasteiger partial charge in [0.1, 0.15) is 23.1 Å². The molecule has 122 valence electrons. The van der Waals surface area contributed by atoms with Crippen molar-refractivity contribution < 1.29 is 14.1 Å². The van der Waals surface area contributed by atoms with Crippen molar-refractivity contribution in [2.75, 3.05) is 31.6 Å². The summed E-state index contributed by atoms with van der Waals surface area (Å²) in [5.41, 5.74) is 0.941. The van der Waals surface area contributed by atoms with Gasteiger partial charge in [-0.25, -0.2) is 9.78 Å². The minimum absolute atomic E-state index is 0.224. The number of hydrogen-bond donors (Lipinski definition) is 0. The van der Waals surface area contributed by atoms with Gasteiger partial charge in [0, 0.05) is 26.6 Å². The zero-order chi connectivity index (χ0) is 16.0. The predicted octanol–water partition coefficient (Wildman–Crippen LogP) is 1.74. The molecule has 4 rings (SSSR count). The molecule has 23 heavy (non-hydrogen) atoms. The van der Waals surface area contributed by atoms with Crippen molar-refractivity contribution in [1.29, 1.82) is 0 Å². The van der Waals surface area contributed by atoms with E-state index in [1.165, 1.54) is 6.33 Å². The monoisotopic (exact) mass is 317 g/mol. The number of fused-ring (bicyclic) bond motifs is 1. The molecule has 2 fully saturated rings. The zero-order valence-corrected chi connectivity index (χ0v) is 13.3. The second-order valence-corrected chi connectivity index (χ2v) is 6.39. The molecule has 8 heteroatoms. The van der Waals surface area contributed by atoms with E-state index in [0.29, 0.717) is 12.3 Å². The van der Waals surface area contributed by atoms with Crippen molar-refractivity contribution in [3.05, 3.63) is 12.0 Å². The SMILES string of the molecule is Cc1noc2ncnc(N3CCCC4(CC3)CN(C)C(=O)O4)c12. The summed E-state index contributed by atoms with van der Waals surface area (Å²) in [4.78, 5) is 24.2. The molecule has 0 aliphatic carbocycles. The average Bonchev–Trinajstić information content (AvgIpc) is 2.95. The summed E-state index contributed by atoms with van der Waals surface area (Å²) < 4.78 is 10.9. The Morgan fingerprint density at radius 1 is 1.26 bits per heavy atom. The molecule has 1 unspecified atom stereocenters. The second kappa shape index (κ2) is 5.07. The molecule has 2 aliphatic heterocycles. The highest BCUT2D eigenvalue weighted by atomic mass is 16.6. The molecule has 4 heterocycles. The van der Waals surface area contributed by atoms with Gasteiger partial charge in [0.05, 0.1) is 12.2 Å². The topological polar surface area (TPSA) is 84.6 Å². The summed E-state index contributed by atoms with van der Waals surface area (Å²) in [6.45, 7) is 4.19. The minimum atomic E-state index is -0.365. The Hall–Kier alpha value is -2.38. The van der Waals surface area contributed by atoms with E-state index < -0.39 is 0 Å². The van der Waals surface area contributed by atoms with Crippen LogP contribution in [0.5, 0.6) is 0 Å². The van der Waals surface area contributed by atoms with E-state index in [1.54, 1.807) is 11.9 Å². The summed E-state index contributed by atoms with van der Waals surface area (Å²) in [5.74, 6) is 0.850. The fourth-order valence-electron chi connectivity index (χ4n) is 3.58. The second-order valence-electron chi connectivity index (χ2n) is 6.39. The van der Waals surface area contributed by atoms with Crippen LogP contribution in [0.25, 0.3) is 11.1 Å².